The highest BCUT2D eigenvalue weighted by atomic mass is 16.5. The van der Waals surface area contributed by atoms with Crippen LogP contribution in [0.2, 0.25) is 0 Å². The Hall–Kier alpha value is -0.650. The molecule has 1 N–H and O–H groups in total. The number of hydrogen-bond acceptors (Lipinski definition) is 4. The van der Waals surface area contributed by atoms with E-state index >= 15 is 0 Å². The van der Waals surface area contributed by atoms with Crippen molar-refractivity contribution in [3.8, 4) is 0 Å². The summed E-state index contributed by atoms with van der Waals surface area (Å²) in [5, 5.41) is 9.91. The monoisotopic (exact) mass is 276 g/mol. The normalized spacial score (nSPS) is 25.1. The van der Waals surface area contributed by atoms with Crippen LogP contribution in [-0.2, 0) is 14.3 Å². The number of aliphatic hydroxyl groups is 1. The summed E-state index contributed by atoms with van der Waals surface area (Å²) in [6, 6.07) is 0. The van der Waals surface area contributed by atoms with Crippen molar-refractivity contribution in [2.75, 3.05) is 39.9 Å². The van der Waals surface area contributed by atoms with Crippen molar-refractivity contribution in [1.29, 1.82) is 0 Å². The fourth-order valence-electron chi connectivity index (χ4n) is 1.97. The first-order chi connectivity index (χ1) is 8.91. The molecule has 1 rings (SSSR count). The molecule has 0 amide bonds. The largest absolute Gasteiger partial charge is 0.460 e. The molecule has 0 bridgehead atoms. The second kappa shape index (κ2) is 9.28. The van der Waals surface area contributed by atoms with E-state index in [0.717, 1.165) is 13.1 Å². The Kier molecular flexibility index (Phi) is 8.97. The van der Waals surface area contributed by atoms with Crippen LogP contribution in [0.4, 0.5) is 0 Å². The zero-order valence-corrected chi connectivity index (χ0v) is 13.0. The van der Waals surface area contributed by atoms with Crippen molar-refractivity contribution < 1.29 is 23.9 Å². The second-order valence-electron chi connectivity index (χ2n) is 5.26. The molecule has 0 radical (unpaired) electrons. The van der Waals surface area contributed by atoms with Gasteiger partial charge >= 0.3 is 5.97 Å². The molecule has 0 aromatic carbocycles. The van der Waals surface area contributed by atoms with Crippen LogP contribution in [0.3, 0.4) is 0 Å². The molecule has 19 heavy (non-hydrogen) atoms. The van der Waals surface area contributed by atoms with Crippen molar-refractivity contribution >= 4 is 5.97 Å². The van der Waals surface area contributed by atoms with Gasteiger partial charge in [-0.3, -0.25) is 4.79 Å². The molecule has 1 aliphatic rings. The SMILES string of the molecule is CC.CC(C)OCC(O)C[N+]1(C)CCOC(=O)CC1. The molecular weight excluding hydrogens is 246 g/mol. The summed E-state index contributed by atoms with van der Waals surface area (Å²) in [5.41, 5.74) is 0. The number of likely N-dealkylation sites (N-methyl/N-ethyl adjacent to an activating group) is 1. The van der Waals surface area contributed by atoms with E-state index in [9.17, 15) is 9.90 Å². The predicted octanol–water partition coefficient (Wildman–Crippen LogP) is 1.19. The first-order valence-corrected chi connectivity index (χ1v) is 7.20. The number of carbonyl (C=O) groups is 1. The average molecular weight is 276 g/mol. The number of ether oxygens (including phenoxy) is 2. The molecule has 2 unspecified atom stereocenters. The average Bonchev–Trinajstić information content (AvgIpc) is 2.52. The molecule has 0 aliphatic carbocycles. The standard InChI is InChI=1S/C12H24NO4.C2H6/c1-10(2)17-9-11(14)8-13(3)5-4-12(15)16-7-6-13;1-2/h10-11,14H,4-9H2,1-3H3;1-2H3/q+1;. The highest BCUT2D eigenvalue weighted by Crippen LogP contribution is 2.11. The number of carbonyl (C=O) groups excluding carboxylic acids is 1. The van der Waals surface area contributed by atoms with E-state index in [0.29, 0.717) is 30.7 Å². The summed E-state index contributed by atoms with van der Waals surface area (Å²) in [5.74, 6) is -0.139. The number of aliphatic hydroxyl groups excluding tert-OH is 1. The van der Waals surface area contributed by atoms with Crippen molar-refractivity contribution in [1.82, 2.24) is 0 Å². The van der Waals surface area contributed by atoms with Crippen molar-refractivity contribution in [2.24, 2.45) is 0 Å². The summed E-state index contributed by atoms with van der Waals surface area (Å²) >= 11 is 0. The lowest BCUT2D eigenvalue weighted by Gasteiger charge is -2.34. The number of hydrogen-bond donors (Lipinski definition) is 1. The molecule has 0 aromatic rings. The van der Waals surface area contributed by atoms with Gasteiger partial charge in [-0.25, -0.2) is 0 Å². The number of quaternary nitrogens is 1. The zero-order valence-electron chi connectivity index (χ0n) is 13.0. The van der Waals surface area contributed by atoms with Gasteiger partial charge < -0.3 is 19.1 Å². The van der Waals surface area contributed by atoms with Gasteiger partial charge in [-0.2, -0.15) is 0 Å². The maximum absolute atomic E-state index is 11.2. The summed E-state index contributed by atoms with van der Waals surface area (Å²) in [4.78, 5) is 11.2. The Morgan fingerprint density at radius 3 is 2.58 bits per heavy atom. The van der Waals surface area contributed by atoms with Crippen molar-refractivity contribution in [3.05, 3.63) is 0 Å². The molecule has 114 valence electrons. The Labute approximate surface area is 117 Å². The minimum absolute atomic E-state index is 0.129. The van der Waals surface area contributed by atoms with E-state index in [4.69, 9.17) is 9.47 Å². The van der Waals surface area contributed by atoms with Crippen molar-refractivity contribution in [3.63, 3.8) is 0 Å². The van der Waals surface area contributed by atoms with E-state index in [-0.39, 0.29) is 12.1 Å². The van der Waals surface area contributed by atoms with Crippen LogP contribution in [0, 0.1) is 0 Å². The van der Waals surface area contributed by atoms with Crippen LogP contribution in [0.25, 0.3) is 0 Å². The highest BCUT2D eigenvalue weighted by Gasteiger charge is 2.29. The van der Waals surface area contributed by atoms with Gasteiger partial charge in [-0.15, -0.1) is 0 Å². The molecule has 0 aromatic heterocycles. The zero-order chi connectivity index (χ0) is 14.9. The van der Waals surface area contributed by atoms with E-state index in [1.54, 1.807) is 0 Å². The third-order valence-electron chi connectivity index (χ3n) is 3.02. The summed E-state index contributed by atoms with van der Waals surface area (Å²) in [7, 11) is 2.04. The first kappa shape index (κ1) is 18.4. The van der Waals surface area contributed by atoms with Gasteiger partial charge in [-0.1, -0.05) is 13.8 Å². The molecule has 5 heteroatoms. The molecule has 1 saturated heterocycles. The fraction of sp³-hybridized carbons (Fsp3) is 0.929. The fourth-order valence-corrected chi connectivity index (χ4v) is 1.97. The topological polar surface area (TPSA) is 55.8 Å². The van der Waals surface area contributed by atoms with Gasteiger partial charge in [0.1, 0.15) is 25.8 Å². The van der Waals surface area contributed by atoms with Crippen molar-refractivity contribution in [2.45, 2.75) is 46.3 Å². The van der Waals surface area contributed by atoms with Gasteiger partial charge in [-0.05, 0) is 13.8 Å². The van der Waals surface area contributed by atoms with Gasteiger partial charge in [0.05, 0.1) is 32.7 Å². The van der Waals surface area contributed by atoms with E-state index < -0.39 is 6.10 Å². The summed E-state index contributed by atoms with van der Waals surface area (Å²) < 4.78 is 11.1. The van der Waals surface area contributed by atoms with Crippen LogP contribution < -0.4 is 0 Å². The lowest BCUT2D eigenvalue weighted by atomic mass is 10.2. The molecule has 2 atom stereocenters. The van der Waals surface area contributed by atoms with E-state index in [1.807, 2.05) is 34.7 Å². The summed E-state index contributed by atoms with van der Waals surface area (Å²) in [6.07, 6.45) is 0.0634. The lowest BCUT2D eigenvalue weighted by Crippen LogP contribution is -2.51. The molecule has 1 heterocycles. The van der Waals surface area contributed by atoms with Gasteiger partial charge in [0.25, 0.3) is 0 Å². The molecule has 1 aliphatic heterocycles. The molecule has 0 saturated carbocycles. The quantitative estimate of drug-likeness (QED) is 0.605. The van der Waals surface area contributed by atoms with E-state index in [1.165, 1.54) is 0 Å². The minimum Gasteiger partial charge on any atom is -0.460 e. The predicted molar refractivity (Wildman–Crippen MR) is 74.8 cm³/mol. The number of cyclic esters (lactones) is 1. The summed E-state index contributed by atoms with van der Waals surface area (Å²) in [6.45, 7) is 10.8. The Morgan fingerprint density at radius 2 is 2.00 bits per heavy atom. The smallest absolute Gasteiger partial charge is 0.311 e. The van der Waals surface area contributed by atoms with Gasteiger partial charge in [0, 0.05) is 0 Å². The first-order valence-electron chi connectivity index (χ1n) is 7.20. The maximum atomic E-state index is 11.2. The van der Waals surface area contributed by atoms with E-state index in [2.05, 4.69) is 0 Å². The van der Waals surface area contributed by atoms with Crippen LogP contribution in [0.15, 0.2) is 0 Å². The van der Waals surface area contributed by atoms with Crippen LogP contribution in [0.5, 0.6) is 0 Å². The number of esters is 1. The Bertz CT molecular complexity index is 258. The Balaban J connectivity index is 0.00000154. The van der Waals surface area contributed by atoms with Crippen LogP contribution in [0.1, 0.15) is 34.1 Å². The maximum Gasteiger partial charge on any atom is 0.311 e. The molecular formula is C14H30NO4+. The van der Waals surface area contributed by atoms with Gasteiger partial charge in [0.15, 0.2) is 0 Å². The molecule has 5 nitrogen and oxygen atoms in total. The number of rotatable bonds is 5. The van der Waals surface area contributed by atoms with Crippen LogP contribution in [-0.4, -0.2) is 67.7 Å². The minimum atomic E-state index is -0.490. The number of nitrogens with zero attached hydrogens (tertiary/aromatic N) is 1. The Morgan fingerprint density at radius 1 is 1.37 bits per heavy atom. The molecule has 1 fully saturated rings. The van der Waals surface area contributed by atoms with Gasteiger partial charge in [0.2, 0.25) is 0 Å². The second-order valence-corrected chi connectivity index (χ2v) is 5.26. The lowest BCUT2D eigenvalue weighted by molar-refractivity contribution is -0.910. The third kappa shape index (κ3) is 8.18. The third-order valence-corrected chi connectivity index (χ3v) is 3.02. The highest BCUT2D eigenvalue weighted by molar-refractivity contribution is 5.69. The van der Waals surface area contributed by atoms with Crippen LogP contribution >= 0.6 is 0 Å². The molecule has 0 spiro atoms.